The van der Waals surface area contributed by atoms with Gasteiger partial charge in [-0.05, 0) is 32.9 Å². The van der Waals surface area contributed by atoms with Gasteiger partial charge in [-0.25, -0.2) is 8.42 Å². The Balaban J connectivity index is 2.17. The van der Waals surface area contributed by atoms with Gasteiger partial charge in [-0.3, -0.25) is 0 Å². The third kappa shape index (κ3) is 3.66. The molecule has 1 aromatic rings. The first-order valence-electron chi connectivity index (χ1n) is 7.40. The van der Waals surface area contributed by atoms with Crippen LogP contribution in [0.4, 0.5) is 0 Å². The summed E-state index contributed by atoms with van der Waals surface area (Å²) in [5, 5.41) is 3.06. The summed E-state index contributed by atoms with van der Waals surface area (Å²) in [6.45, 7) is 4.56. The van der Waals surface area contributed by atoms with Gasteiger partial charge >= 0.3 is 0 Å². The number of aromatic nitrogens is 1. The van der Waals surface area contributed by atoms with Gasteiger partial charge in [0.15, 0.2) is 0 Å². The third-order valence-corrected chi connectivity index (χ3v) is 5.64. The van der Waals surface area contributed by atoms with Crippen LogP contribution in [0.25, 0.3) is 0 Å². The van der Waals surface area contributed by atoms with Crippen molar-refractivity contribution in [1.29, 1.82) is 0 Å². The van der Waals surface area contributed by atoms with Crippen molar-refractivity contribution in [1.82, 2.24) is 14.2 Å². The first kappa shape index (κ1) is 16.5. The van der Waals surface area contributed by atoms with E-state index < -0.39 is 10.0 Å². The third-order valence-electron chi connectivity index (χ3n) is 3.85. The summed E-state index contributed by atoms with van der Waals surface area (Å²) in [6.07, 6.45) is 3.68. The zero-order valence-corrected chi connectivity index (χ0v) is 13.8. The van der Waals surface area contributed by atoms with Crippen molar-refractivity contribution in [3.8, 4) is 0 Å². The zero-order valence-electron chi connectivity index (χ0n) is 13.0. The van der Waals surface area contributed by atoms with Crippen LogP contribution in [-0.4, -0.2) is 50.6 Å². The van der Waals surface area contributed by atoms with Gasteiger partial charge in [0.1, 0.15) is 4.90 Å². The fourth-order valence-electron chi connectivity index (χ4n) is 2.64. The minimum Gasteiger partial charge on any atom is -0.377 e. The molecule has 1 aromatic heterocycles. The average Bonchev–Trinajstić information content (AvgIpc) is 3.08. The lowest BCUT2D eigenvalue weighted by Gasteiger charge is -2.19. The molecular weight excluding hydrogens is 290 g/mol. The van der Waals surface area contributed by atoms with E-state index in [1.807, 2.05) is 18.5 Å². The molecule has 6 nitrogen and oxygen atoms in total. The number of hydrogen-bond donors (Lipinski definition) is 1. The molecule has 21 heavy (non-hydrogen) atoms. The Bertz CT molecular complexity index is 562. The number of likely N-dealkylation sites (N-methyl/N-ethyl adjacent to an activating group) is 1. The Labute approximate surface area is 127 Å². The van der Waals surface area contributed by atoms with E-state index in [0.717, 1.165) is 31.7 Å². The molecule has 1 fully saturated rings. The van der Waals surface area contributed by atoms with Crippen LogP contribution in [-0.2, 0) is 27.8 Å². The van der Waals surface area contributed by atoms with Gasteiger partial charge in [0.05, 0.1) is 6.10 Å². The van der Waals surface area contributed by atoms with Gasteiger partial charge in [0.25, 0.3) is 0 Å². The van der Waals surface area contributed by atoms with Crippen LogP contribution in [0.2, 0.25) is 0 Å². The summed E-state index contributed by atoms with van der Waals surface area (Å²) in [6, 6.07) is 1.75. The molecule has 0 aliphatic carbocycles. The second-order valence-electron chi connectivity index (χ2n) is 5.40. The normalized spacial score (nSPS) is 19.5. The molecule has 120 valence electrons. The molecular formula is C14H25N3O3S. The number of ether oxygens (including phenoxy) is 1. The fraction of sp³-hybridized carbons (Fsp3) is 0.714. The molecule has 1 saturated heterocycles. The van der Waals surface area contributed by atoms with E-state index in [9.17, 15) is 8.42 Å². The van der Waals surface area contributed by atoms with Crippen LogP contribution in [0.1, 0.15) is 25.5 Å². The van der Waals surface area contributed by atoms with E-state index in [-0.39, 0.29) is 6.10 Å². The Morgan fingerprint density at radius 1 is 1.52 bits per heavy atom. The molecule has 0 spiro atoms. The number of rotatable bonds is 7. The van der Waals surface area contributed by atoms with Gasteiger partial charge < -0.3 is 14.6 Å². The first-order chi connectivity index (χ1) is 9.98. The highest BCUT2D eigenvalue weighted by Gasteiger charge is 2.27. The molecule has 7 heteroatoms. The van der Waals surface area contributed by atoms with Gasteiger partial charge in [-0.15, -0.1) is 0 Å². The summed E-state index contributed by atoms with van der Waals surface area (Å²) >= 11 is 0. The van der Waals surface area contributed by atoms with Crippen LogP contribution >= 0.6 is 0 Å². The molecule has 0 aromatic carbocycles. The quantitative estimate of drug-likeness (QED) is 0.816. The van der Waals surface area contributed by atoms with Gasteiger partial charge in [-0.2, -0.15) is 4.31 Å². The van der Waals surface area contributed by atoms with Crippen molar-refractivity contribution in [3.63, 3.8) is 0 Å². The first-order valence-corrected chi connectivity index (χ1v) is 8.84. The summed E-state index contributed by atoms with van der Waals surface area (Å²) in [5.41, 5.74) is 0.976. The van der Waals surface area contributed by atoms with Crippen LogP contribution in [0.5, 0.6) is 0 Å². The van der Waals surface area contributed by atoms with Crippen molar-refractivity contribution in [3.05, 3.63) is 18.0 Å². The Morgan fingerprint density at radius 3 is 2.86 bits per heavy atom. The minimum atomic E-state index is -3.45. The molecule has 0 radical (unpaired) electrons. The highest BCUT2D eigenvalue weighted by atomic mass is 32.2. The predicted octanol–water partition coefficient (Wildman–Crippen LogP) is 1.03. The largest absolute Gasteiger partial charge is 0.377 e. The molecule has 1 unspecified atom stereocenters. The summed E-state index contributed by atoms with van der Waals surface area (Å²) in [7, 11) is 0.0232. The molecule has 0 bridgehead atoms. The van der Waals surface area contributed by atoms with E-state index in [2.05, 4.69) is 5.32 Å². The van der Waals surface area contributed by atoms with E-state index >= 15 is 0 Å². The van der Waals surface area contributed by atoms with Gasteiger partial charge in [0, 0.05) is 45.2 Å². The standard InChI is InChI=1S/C14H25N3O3S/c1-4-17-11-14(8-12(17)9-15-2)21(18,19)16(3)10-13-6-5-7-20-13/h8,11,13,15H,4-7,9-10H2,1-3H3. The summed E-state index contributed by atoms with van der Waals surface area (Å²) in [5.74, 6) is 0. The van der Waals surface area contributed by atoms with E-state index in [4.69, 9.17) is 4.74 Å². The van der Waals surface area contributed by atoms with E-state index in [0.29, 0.717) is 18.0 Å². The van der Waals surface area contributed by atoms with Crippen molar-refractivity contribution in [2.24, 2.45) is 0 Å². The molecule has 0 amide bonds. The molecule has 2 heterocycles. The van der Waals surface area contributed by atoms with Crippen molar-refractivity contribution >= 4 is 10.0 Å². The van der Waals surface area contributed by atoms with E-state index in [1.54, 1.807) is 19.3 Å². The van der Waals surface area contributed by atoms with Crippen LogP contribution in [0.3, 0.4) is 0 Å². The number of sulfonamides is 1. The van der Waals surface area contributed by atoms with Crippen molar-refractivity contribution in [2.45, 2.75) is 43.9 Å². The number of nitrogens with zero attached hydrogens (tertiary/aromatic N) is 2. The maximum atomic E-state index is 12.6. The highest BCUT2D eigenvalue weighted by Crippen LogP contribution is 2.21. The van der Waals surface area contributed by atoms with Crippen LogP contribution < -0.4 is 5.32 Å². The number of aryl methyl sites for hydroxylation is 1. The maximum absolute atomic E-state index is 12.6. The zero-order chi connectivity index (χ0) is 15.5. The van der Waals surface area contributed by atoms with Crippen LogP contribution in [0.15, 0.2) is 17.2 Å². The topological polar surface area (TPSA) is 63.6 Å². The van der Waals surface area contributed by atoms with Crippen molar-refractivity contribution in [2.75, 3.05) is 27.2 Å². The molecule has 1 atom stereocenters. The monoisotopic (exact) mass is 315 g/mol. The minimum absolute atomic E-state index is 0.0230. The lowest BCUT2D eigenvalue weighted by Crippen LogP contribution is -2.33. The van der Waals surface area contributed by atoms with Gasteiger partial charge in [-0.1, -0.05) is 0 Å². The van der Waals surface area contributed by atoms with E-state index in [1.165, 1.54) is 4.31 Å². The van der Waals surface area contributed by atoms with Crippen molar-refractivity contribution < 1.29 is 13.2 Å². The average molecular weight is 315 g/mol. The molecule has 0 saturated carbocycles. The number of nitrogens with one attached hydrogen (secondary N) is 1. The Kier molecular flexibility index (Phi) is 5.43. The predicted molar refractivity (Wildman–Crippen MR) is 81.7 cm³/mol. The summed E-state index contributed by atoms with van der Waals surface area (Å²) in [4.78, 5) is 0.357. The number of hydrogen-bond acceptors (Lipinski definition) is 4. The smallest absolute Gasteiger partial charge is 0.244 e. The highest BCUT2D eigenvalue weighted by molar-refractivity contribution is 7.89. The fourth-order valence-corrected chi connectivity index (χ4v) is 3.91. The van der Waals surface area contributed by atoms with Gasteiger partial charge in [0.2, 0.25) is 10.0 Å². The van der Waals surface area contributed by atoms with Crippen LogP contribution in [0, 0.1) is 0 Å². The second kappa shape index (κ2) is 6.91. The SMILES string of the molecule is CCn1cc(S(=O)(=O)N(C)CC2CCCO2)cc1CNC. The Hall–Kier alpha value is -0.890. The molecule has 1 N–H and O–H groups in total. The second-order valence-corrected chi connectivity index (χ2v) is 7.45. The molecule has 1 aliphatic heterocycles. The Morgan fingerprint density at radius 2 is 2.29 bits per heavy atom. The maximum Gasteiger partial charge on any atom is 0.244 e. The molecule has 1 aliphatic rings. The lowest BCUT2D eigenvalue weighted by molar-refractivity contribution is 0.0979. The molecule has 2 rings (SSSR count). The summed E-state index contributed by atoms with van der Waals surface area (Å²) < 4.78 is 34.2. The lowest BCUT2D eigenvalue weighted by atomic mass is 10.2.